The molecule has 0 spiro atoms. The van der Waals surface area contributed by atoms with Gasteiger partial charge in [0.2, 0.25) is 5.91 Å². The molecule has 2 aromatic rings. The summed E-state index contributed by atoms with van der Waals surface area (Å²) in [4.78, 5) is 15.8. The summed E-state index contributed by atoms with van der Waals surface area (Å²) >= 11 is 0. The number of benzene rings is 1. The van der Waals surface area contributed by atoms with Crippen LogP contribution in [0.5, 0.6) is 5.75 Å². The number of aromatic nitrogens is 1. The van der Waals surface area contributed by atoms with Gasteiger partial charge in [0.25, 0.3) is 0 Å². The summed E-state index contributed by atoms with van der Waals surface area (Å²) in [5.74, 6) is 0.239. The Labute approximate surface area is 117 Å². The highest BCUT2D eigenvalue weighted by molar-refractivity contribution is 5.89. The fraction of sp³-hybridized carbons (Fsp3) is 0.200. The molecule has 0 aliphatic carbocycles. The van der Waals surface area contributed by atoms with Crippen molar-refractivity contribution in [1.82, 2.24) is 4.98 Å². The minimum absolute atomic E-state index is 0.466. The molecular formula is C15H17N3O2. The van der Waals surface area contributed by atoms with Crippen LogP contribution < -0.4 is 15.8 Å². The van der Waals surface area contributed by atoms with Gasteiger partial charge in [0.15, 0.2) is 0 Å². The number of ether oxygens (including phenoxy) is 1. The zero-order valence-electron chi connectivity index (χ0n) is 11.5. The van der Waals surface area contributed by atoms with Crippen LogP contribution in [0.15, 0.2) is 48.8 Å². The number of nitrogens with one attached hydrogen (secondary N) is 1. The topological polar surface area (TPSA) is 77.2 Å². The summed E-state index contributed by atoms with van der Waals surface area (Å²) in [5, 5.41) is 3.16. The molecule has 0 saturated heterocycles. The maximum atomic E-state index is 11.9. The normalized spacial score (nSPS) is 13.3. The van der Waals surface area contributed by atoms with Gasteiger partial charge in [-0.25, -0.2) is 0 Å². The van der Waals surface area contributed by atoms with E-state index in [4.69, 9.17) is 10.5 Å². The van der Waals surface area contributed by atoms with Crippen LogP contribution in [0.4, 0.5) is 5.69 Å². The molecule has 0 radical (unpaired) electrons. The van der Waals surface area contributed by atoms with Crippen LogP contribution in [-0.2, 0) is 10.3 Å². The number of hydrogen-bond acceptors (Lipinski definition) is 4. The fourth-order valence-electron chi connectivity index (χ4n) is 1.95. The maximum absolute atomic E-state index is 11.9. The first kappa shape index (κ1) is 13.9. The average Bonchev–Trinajstić information content (AvgIpc) is 2.48. The van der Waals surface area contributed by atoms with Gasteiger partial charge in [0, 0.05) is 24.1 Å². The van der Waals surface area contributed by atoms with Crippen molar-refractivity contribution in [2.75, 3.05) is 12.4 Å². The highest BCUT2D eigenvalue weighted by Crippen LogP contribution is 2.27. The summed E-state index contributed by atoms with van der Waals surface area (Å²) < 4.78 is 5.17. The quantitative estimate of drug-likeness (QED) is 0.870. The van der Waals surface area contributed by atoms with E-state index in [1.165, 1.54) is 0 Å². The van der Waals surface area contributed by atoms with Crippen molar-refractivity contribution in [1.29, 1.82) is 0 Å². The van der Waals surface area contributed by atoms with E-state index in [0.29, 0.717) is 5.75 Å². The van der Waals surface area contributed by atoms with Crippen LogP contribution in [0, 0.1) is 0 Å². The van der Waals surface area contributed by atoms with Gasteiger partial charge in [0.05, 0.1) is 7.11 Å². The molecule has 5 nitrogen and oxygen atoms in total. The van der Waals surface area contributed by atoms with Crippen LogP contribution >= 0.6 is 0 Å². The Balaban J connectivity index is 2.37. The summed E-state index contributed by atoms with van der Waals surface area (Å²) in [6.07, 6.45) is 3.26. The van der Waals surface area contributed by atoms with Crippen molar-refractivity contribution in [3.05, 3.63) is 54.4 Å². The summed E-state index contributed by atoms with van der Waals surface area (Å²) in [6.45, 7) is 1.74. The molecule has 1 aromatic heterocycles. The van der Waals surface area contributed by atoms with Crippen LogP contribution in [-0.4, -0.2) is 18.0 Å². The van der Waals surface area contributed by atoms with Gasteiger partial charge in [-0.15, -0.1) is 0 Å². The fourth-order valence-corrected chi connectivity index (χ4v) is 1.95. The number of amides is 1. The Morgan fingerprint density at radius 3 is 2.60 bits per heavy atom. The smallest absolute Gasteiger partial charge is 0.247 e. The van der Waals surface area contributed by atoms with Crippen molar-refractivity contribution >= 4 is 11.6 Å². The summed E-state index contributed by atoms with van der Waals surface area (Å²) in [7, 11) is 1.59. The lowest BCUT2D eigenvalue weighted by atomic mass is 9.91. The molecule has 5 heteroatoms. The molecule has 0 aliphatic rings. The van der Waals surface area contributed by atoms with E-state index >= 15 is 0 Å². The maximum Gasteiger partial charge on any atom is 0.247 e. The standard InChI is InChI=1S/C15H17N3O2/c1-15(14(16)19,11-6-8-17-9-7-11)18-12-4-3-5-13(10-12)20-2/h3-10,18H,1-2H3,(H2,16,19). The third kappa shape index (κ3) is 2.71. The van der Waals surface area contributed by atoms with Crippen LogP contribution in [0.25, 0.3) is 0 Å². The molecule has 3 N–H and O–H groups in total. The van der Waals surface area contributed by atoms with E-state index in [-0.39, 0.29) is 0 Å². The number of methoxy groups -OCH3 is 1. The molecule has 2 rings (SSSR count). The minimum Gasteiger partial charge on any atom is -0.497 e. The number of pyridine rings is 1. The molecule has 104 valence electrons. The first-order valence-electron chi connectivity index (χ1n) is 6.19. The predicted octanol–water partition coefficient (Wildman–Crippen LogP) is 1.90. The van der Waals surface area contributed by atoms with Crippen molar-refractivity contribution in [3.63, 3.8) is 0 Å². The van der Waals surface area contributed by atoms with E-state index in [2.05, 4.69) is 10.3 Å². The first-order chi connectivity index (χ1) is 9.56. The van der Waals surface area contributed by atoms with Crippen LogP contribution in [0.3, 0.4) is 0 Å². The molecule has 1 aromatic carbocycles. The zero-order valence-corrected chi connectivity index (χ0v) is 11.5. The Hall–Kier alpha value is -2.56. The highest BCUT2D eigenvalue weighted by Gasteiger charge is 2.33. The van der Waals surface area contributed by atoms with Crippen molar-refractivity contribution in [2.45, 2.75) is 12.5 Å². The molecule has 20 heavy (non-hydrogen) atoms. The largest absolute Gasteiger partial charge is 0.497 e. The predicted molar refractivity (Wildman–Crippen MR) is 77.4 cm³/mol. The van der Waals surface area contributed by atoms with Gasteiger partial charge in [-0.05, 0) is 36.8 Å². The minimum atomic E-state index is -1.02. The lowest BCUT2D eigenvalue weighted by Gasteiger charge is -2.29. The number of nitrogens with two attached hydrogens (primary N) is 1. The number of carbonyl (C=O) groups is 1. The highest BCUT2D eigenvalue weighted by atomic mass is 16.5. The van der Waals surface area contributed by atoms with E-state index in [0.717, 1.165) is 11.3 Å². The molecule has 1 heterocycles. The van der Waals surface area contributed by atoms with Gasteiger partial charge in [0.1, 0.15) is 11.3 Å². The number of hydrogen-bond donors (Lipinski definition) is 2. The van der Waals surface area contributed by atoms with E-state index in [9.17, 15) is 4.79 Å². The molecular weight excluding hydrogens is 254 g/mol. The summed E-state index contributed by atoms with van der Waals surface area (Å²) in [5.41, 5.74) is 6.05. The zero-order chi connectivity index (χ0) is 14.6. The third-order valence-electron chi connectivity index (χ3n) is 3.21. The van der Waals surface area contributed by atoms with Crippen LogP contribution in [0.1, 0.15) is 12.5 Å². The Kier molecular flexibility index (Phi) is 3.89. The van der Waals surface area contributed by atoms with E-state index < -0.39 is 11.4 Å². The molecule has 1 amide bonds. The van der Waals surface area contributed by atoms with Crippen molar-refractivity contribution in [2.24, 2.45) is 5.73 Å². The Morgan fingerprint density at radius 1 is 1.30 bits per heavy atom. The van der Waals surface area contributed by atoms with Crippen molar-refractivity contribution < 1.29 is 9.53 Å². The van der Waals surface area contributed by atoms with Gasteiger partial charge >= 0.3 is 0 Å². The SMILES string of the molecule is COc1cccc(NC(C)(C(N)=O)c2ccncc2)c1. The molecule has 1 atom stereocenters. The van der Waals surface area contributed by atoms with Gasteiger partial charge in [-0.2, -0.15) is 0 Å². The number of nitrogens with zero attached hydrogens (tertiary/aromatic N) is 1. The average molecular weight is 271 g/mol. The van der Waals surface area contributed by atoms with Gasteiger partial charge in [-0.3, -0.25) is 9.78 Å². The first-order valence-corrected chi connectivity index (χ1v) is 6.19. The van der Waals surface area contributed by atoms with E-state index in [1.807, 2.05) is 24.3 Å². The molecule has 0 fully saturated rings. The van der Waals surface area contributed by atoms with E-state index in [1.54, 1.807) is 38.6 Å². The molecule has 1 unspecified atom stereocenters. The molecule has 0 bridgehead atoms. The number of carbonyl (C=O) groups excluding carboxylic acids is 1. The second kappa shape index (κ2) is 5.61. The van der Waals surface area contributed by atoms with Crippen molar-refractivity contribution in [3.8, 4) is 5.75 Å². The lowest BCUT2D eigenvalue weighted by molar-refractivity contribution is -0.122. The van der Waals surface area contributed by atoms with Gasteiger partial charge in [-0.1, -0.05) is 6.07 Å². The lowest BCUT2D eigenvalue weighted by Crippen LogP contribution is -2.45. The number of anilines is 1. The molecule has 0 saturated carbocycles. The van der Waals surface area contributed by atoms with Crippen LogP contribution in [0.2, 0.25) is 0 Å². The van der Waals surface area contributed by atoms with Gasteiger partial charge < -0.3 is 15.8 Å². The Bertz CT molecular complexity index is 601. The third-order valence-corrected chi connectivity index (χ3v) is 3.21. The molecule has 0 aliphatic heterocycles. The second-order valence-corrected chi connectivity index (χ2v) is 4.58. The Morgan fingerprint density at radius 2 is 2.00 bits per heavy atom. The number of primary amides is 1. The summed E-state index contributed by atoms with van der Waals surface area (Å²) in [6, 6.07) is 10.9. The number of rotatable bonds is 5. The second-order valence-electron chi connectivity index (χ2n) is 4.58. The monoisotopic (exact) mass is 271 g/mol.